The zero-order valence-electron chi connectivity index (χ0n) is 9.14. The van der Waals surface area contributed by atoms with Gasteiger partial charge in [0.05, 0.1) is 12.9 Å². The van der Waals surface area contributed by atoms with Crippen LogP contribution in [0.25, 0.3) is 0 Å². The predicted octanol–water partition coefficient (Wildman–Crippen LogP) is 3.07. The normalized spacial score (nSPS) is 24.3. The summed E-state index contributed by atoms with van der Waals surface area (Å²) < 4.78 is 11.3. The lowest BCUT2D eigenvalue weighted by atomic mass is 10.1. The summed E-state index contributed by atoms with van der Waals surface area (Å²) in [4.78, 5) is 0. The fourth-order valence-electron chi connectivity index (χ4n) is 1.52. The minimum atomic E-state index is -0.236. The van der Waals surface area contributed by atoms with Crippen molar-refractivity contribution in [2.24, 2.45) is 0 Å². The molecule has 1 aromatic rings. The minimum Gasteiger partial charge on any atom is -0.493 e. The van der Waals surface area contributed by atoms with E-state index in [9.17, 15) is 0 Å². The summed E-state index contributed by atoms with van der Waals surface area (Å²) in [6.45, 7) is 4.63. The fraction of sp³-hybridized carbons (Fsp3) is 0.385. The zero-order valence-corrected chi connectivity index (χ0v) is 9.14. The smallest absolute Gasteiger partial charge is 0.126 e. The highest BCUT2D eigenvalue weighted by Crippen LogP contribution is 2.25. The second-order valence-electron chi connectivity index (χ2n) is 4.35. The lowest BCUT2D eigenvalue weighted by Gasteiger charge is -2.22. The van der Waals surface area contributed by atoms with Gasteiger partial charge in [0, 0.05) is 0 Å². The van der Waals surface area contributed by atoms with Crippen molar-refractivity contribution in [3.63, 3.8) is 0 Å². The lowest BCUT2D eigenvalue weighted by Crippen LogP contribution is -2.27. The van der Waals surface area contributed by atoms with Gasteiger partial charge in [0.25, 0.3) is 0 Å². The molecule has 0 fully saturated rings. The molecule has 0 aliphatic carbocycles. The van der Waals surface area contributed by atoms with Crippen molar-refractivity contribution >= 4 is 0 Å². The highest BCUT2D eigenvalue weighted by Gasteiger charge is 2.23. The summed E-state index contributed by atoms with van der Waals surface area (Å²) >= 11 is 0. The molecule has 0 N–H and O–H groups in total. The molecule has 1 aromatic carbocycles. The van der Waals surface area contributed by atoms with Crippen molar-refractivity contribution in [1.82, 2.24) is 0 Å². The van der Waals surface area contributed by atoms with Gasteiger partial charge in [-0.05, 0) is 25.5 Å². The van der Waals surface area contributed by atoms with Crippen LogP contribution in [-0.2, 0) is 9.47 Å². The number of benzene rings is 1. The van der Waals surface area contributed by atoms with Crippen molar-refractivity contribution in [2.45, 2.75) is 25.6 Å². The minimum absolute atomic E-state index is 0.00738. The standard InChI is InChI=1S/C13H16O2/c1-13(2)10-14-12(8-9-15-13)11-6-4-3-5-7-11/h3-9,12H,10H2,1-2H3. The summed E-state index contributed by atoms with van der Waals surface area (Å²) in [5.41, 5.74) is 0.926. The van der Waals surface area contributed by atoms with Crippen molar-refractivity contribution in [3.8, 4) is 0 Å². The molecule has 1 unspecified atom stereocenters. The average Bonchev–Trinajstić information content (AvgIpc) is 2.41. The summed E-state index contributed by atoms with van der Waals surface area (Å²) in [6.07, 6.45) is 3.70. The van der Waals surface area contributed by atoms with Gasteiger partial charge in [-0.1, -0.05) is 30.3 Å². The molecule has 1 aliphatic heterocycles. The van der Waals surface area contributed by atoms with Gasteiger partial charge in [-0.3, -0.25) is 0 Å². The second kappa shape index (κ2) is 4.07. The van der Waals surface area contributed by atoms with Gasteiger partial charge in [0.2, 0.25) is 0 Å². The van der Waals surface area contributed by atoms with Crippen LogP contribution in [0.1, 0.15) is 25.5 Å². The van der Waals surface area contributed by atoms with Crippen LogP contribution in [0, 0.1) is 0 Å². The van der Waals surface area contributed by atoms with Crippen LogP contribution < -0.4 is 0 Å². The molecule has 15 heavy (non-hydrogen) atoms. The Labute approximate surface area is 90.5 Å². The van der Waals surface area contributed by atoms with Crippen LogP contribution in [0.4, 0.5) is 0 Å². The molecule has 0 radical (unpaired) electrons. The van der Waals surface area contributed by atoms with Gasteiger partial charge >= 0.3 is 0 Å². The first kappa shape index (κ1) is 10.2. The Morgan fingerprint density at radius 1 is 1.20 bits per heavy atom. The molecule has 0 spiro atoms. The van der Waals surface area contributed by atoms with Crippen LogP contribution in [-0.4, -0.2) is 12.2 Å². The summed E-state index contributed by atoms with van der Waals surface area (Å²) in [7, 11) is 0. The monoisotopic (exact) mass is 204 g/mol. The SMILES string of the molecule is CC1(C)COC(c2ccccc2)C=CO1. The number of hydrogen-bond donors (Lipinski definition) is 0. The fourth-order valence-corrected chi connectivity index (χ4v) is 1.52. The molecule has 1 heterocycles. The third-order valence-electron chi connectivity index (χ3n) is 2.38. The topological polar surface area (TPSA) is 18.5 Å². The Bertz CT molecular complexity index is 341. The third kappa shape index (κ3) is 2.60. The van der Waals surface area contributed by atoms with Crippen LogP contribution in [0.5, 0.6) is 0 Å². The van der Waals surface area contributed by atoms with Crippen LogP contribution in [0.3, 0.4) is 0 Å². The molecule has 1 aliphatic rings. The number of hydrogen-bond acceptors (Lipinski definition) is 2. The highest BCUT2D eigenvalue weighted by atomic mass is 16.5. The van der Waals surface area contributed by atoms with Gasteiger partial charge in [-0.15, -0.1) is 0 Å². The average molecular weight is 204 g/mol. The van der Waals surface area contributed by atoms with Gasteiger partial charge in [0.15, 0.2) is 0 Å². The van der Waals surface area contributed by atoms with Crippen LogP contribution >= 0.6 is 0 Å². The van der Waals surface area contributed by atoms with Gasteiger partial charge in [-0.2, -0.15) is 0 Å². The Morgan fingerprint density at radius 3 is 2.67 bits per heavy atom. The molecule has 2 heteroatoms. The van der Waals surface area contributed by atoms with E-state index >= 15 is 0 Å². The van der Waals surface area contributed by atoms with E-state index in [-0.39, 0.29) is 11.7 Å². The summed E-state index contributed by atoms with van der Waals surface area (Å²) in [5, 5.41) is 0. The van der Waals surface area contributed by atoms with Gasteiger partial charge in [-0.25, -0.2) is 0 Å². The molecule has 0 amide bonds. The van der Waals surface area contributed by atoms with E-state index in [1.807, 2.05) is 38.1 Å². The van der Waals surface area contributed by atoms with E-state index in [0.29, 0.717) is 6.61 Å². The van der Waals surface area contributed by atoms with E-state index in [2.05, 4.69) is 12.1 Å². The lowest BCUT2D eigenvalue weighted by molar-refractivity contribution is -0.0328. The van der Waals surface area contributed by atoms with Crippen molar-refractivity contribution in [1.29, 1.82) is 0 Å². The Balaban J connectivity index is 2.13. The van der Waals surface area contributed by atoms with E-state index in [4.69, 9.17) is 9.47 Å². The molecule has 0 saturated heterocycles. The maximum absolute atomic E-state index is 5.79. The largest absolute Gasteiger partial charge is 0.493 e. The number of rotatable bonds is 1. The molecular formula is C13H16O2. The zero-order chi connectivity index (χ0) is 10.7. The first-order chi connectivity index (χ1) is 7.17. The molecule has 2 nitrogen and oxygen atoms in total. The second-order valence-corrected chi connectivity index (χ2v) is 4.35. The highest BCUT2D eigenvalue weighted by molar-refractivity contribution is 5.21. The van der Waals surface area contributed by atoms with Crippen molar-refractivity contribution in [3.05, 3.63) is 48.2 Å². The predicted molar refractivity (Wildman–Crippen MR) is 59.4 cm³/mol. The maximum atomic E-state index is 5.79. The van der Waals surface area contributed by atoms with Gasteiger partial charge < -0.3 is 9.47 Å². The maximum Gasteiger partial charge on any atom is 0.126 e. The van der Waals surface area contributed by atoms with E-state index in [1.165, 1.54) is 0 Å². The molecule has 80 valence electrons. The third-order valence-corrected chi connectivity index (χ3v) is 2.38. The van der Waals surface area contributed by atoms with Crippen LogP contribution in [0.15, 0.2) is 42.7 Å². The van der Waals surface area contributed by atoms with E-state index in [0.717, 1.165) is 5.56 Å². The quantitative estimate of drug-likeness (QED) is 0.700. The van der Waals surface area contributed by atoms with Gasteiger partial charge in [0.1, 0.15) is 11.7 Å². The molecule has 1 atom stereocenters. The Morgan fingerprint density at radius 2 is 1.93 bits per heavy atom. The van der Waals surface area contributed by atoms with E-state index in [1.54, 1.807) is 6.26 Å². The van der Waals surface area contributed by atoms with Crippen molar-refractivity contribution < 1.29 is 9.47 Å². The molecule has 0 aromatic heterocycles. The Kier molecular flexibility index (Phi) is 2.78. The van der Waals surface area contributed by atoms with Crippen molar-refractivity contribution in [2.75, 3.05) is 6.61 Å². The molecule has 0 bridgehead atoms. The first-order valence-electron chi connectivity index (χ1n) is 5.18. The first-order valence-corrected chi connectivity index (χ1v) is 5.18. The Hall–Kier alpha value is -1.28. The summed E-state index contributed by atoms with van der Waals surface area (Å²) in [6, 6.07) is 10.2. The van der Waals surface area contributed by atoms with Crippen LogP contribution in [0.2, 0.25) is 0 Å². The van der Waals surface area contributed by atoms with E-state index < -0.39 is 0 Å². The summed E-state index contributed by atoms with van der Waals surface area (Å²) in [5.74, 6) is 0. The number of ether oxygens (including phenoxy) is 2. The molecule has 0 saturated carbocycles. The molecular weight excluding hydrogens is 188 g/mol. The molecule has 2 rings (SSSR count).